The van der Waals surface area contributed by atoms with Crippen LogP contribution in [0.3, 0.4) is 0 Å². The molecule has 0 aliphatic heterocycles. The predicted molar refractivity (Wildman–Crippen MR) is 72.9 cm³/mol. The molecule has 2 N–H and O–H groups in total. The molecule has 1 aromatic heterocycles. The van der Waals surface area contributed by atoms with Gasteiger partial charge in [-0.25, -0.2) is 13.1 Å². The average Bonchev–Trinajstić information content (AvgIpc) is 2.29. The molecule has 0 aliphatic rings. The van der Waals surface area contributed by atoms with Crippen molar-refractivity contribution in [1.82, 2.24) is 15.0 Å². The van der Waals surface area contributed by atoms with E-state index in [1.54, 1.807) is 12.4 Å². The number of aromatic nitrogens is 1. The van der Waals surface area contributed by atoms with E-state index < -0.39 is 10.0 Å². The SMILES string of the molecule is CC(C)NCCS(=O)(=O)NCCc1cccnc1. The summed E-state index contributed by atoms with van der Waals surface area (Å²) < 4.78 is 25.9. The Balaban J connectivity index is 2.25. The van der Waals surface area contributed by atoms with E-state index >= 15 is 0 Å². The van der Waals surface area contributed by atoms with E-state index in [4.69, 9.17) is 0 Å². The molecule has 0 atom stereocenters. The number of sulfonamides is 1. The number of nitrogens with one attached hydrogen (secondary N) is 2. The summed E-state index contributed by atoms with van der Waals surface area (Å²) in [5.41, 5.74) is 1.03. The summed E-state index contributed by atoms with van der Waals surface area (Å²) in [6.45, 7) is 4.86. The Morgan fingerprint density at radius 1 is 1.33 bits per heavy atom. The highest BCUT2D eigenvalue weighted by atomic mass is 32.2. The van der Waals surface area contributed by atoms with Gasteiger partial charge in [-0.05, 0) is 18.1 Å². The third-order valence-electron chi connectivity index (χ3n) is 2.38. The Kier molecular flexibility index (Phi) is 6.24. The van der Waals surface area contributed by atoms with Crippen molar-refractivity contribution in [2.24, 2.45) is 0 Å². The van der Waals surface area contributed by atoms with Gasteiger partial charge in [0.05, 0.1) is 5.75 Å². The second-order valence-electron chi connectivity index (χ2n) is 4.43. The lowest BCUT2D eigenvalue weighted by Gasteiger charge is -2.09. The Bertz CT molecular complexity index is 432. The van der Waals surface area contributed by atoms with Gasteiger partial charge < -0.3 is 5.32 Å². The van der Waals surface area contributed by atoms with E-state index in [9.17, 15) is 8.42 Å². The van der Waals surface area contributed by atoms with E-state index in [1.807, 2.05) is 26.0 Å². The Labute approximate surface area is 109 Å². The summed E-state index contributed by atoms with van der Waals surface area (Å²) in [4.78, 5) is 3.98. The Morgan fingerprint density at radius 2 is 2.11 bits per heavy atom. The van der Waals surface area contributed by atoms with E-state index in [0.29, 0.717) is 25.6 Å². The Hall–Kier alpha value is -0.980. The highest BCUT2D eigenvalue weighted by Gasteiger charge is 2.09. The zero-order valence-electron chi connectivity index (χ0n) is 10.9. The maximum atomic E-state index is 11.6. The molecule has 0 fully saturated rings. The van der Waals surface area contributed by atoms with Crippen LogP contribution in [0.25, 0.3) is 0 Å². The zero-order valence-corrected chi connectivity index (χ0v) is 11.7. The first-order chi connectivity index (χ1) is 8.49. The summed E-state index contributed by atoms with van der Waals surface area (Å²) in [5, 5.41) is 3.08. The second kappa shape index (κ2) is 7.45. The summed E-state index contributed by atoms with van der Waals surface area (Å²) in [6, 6.07) is 4.08. The molecule has 6 heteroatoms. The molecular weight excluding hydrogens is 250 g/mol. The zero-order chi connectivity index (χ0) is 13.4. The second-order valence-corrected chi connectivity index (χ2v) is 6.36. The molecule has 0 saturated heterocycles. The summed E-state index contributed by atoms with van der Waals surface area (Å²) in [6.07, 6.45) is 4.10. The number of pyridine rings is 1. The van der Waals surface area contributed by atoms with Crippen LogP contribution in [0, 0.1) is 0 Å². The van der Waals surface area contributed by atoms with Crippen LogP contribution in [0.5, 0.6) is 0 Å². The van der Waals surface area contributed by atoms with E-state index in [-0.39, 0.29) is 5.75 Å². The Morgan fingerprint density at radius 3 is 2.72 bits per heavy atom. The van der Waals surface area contributed by atoms with Crippen molar-refractivity contribution in [2.45, 2.75) is 26.3 Å². The van der Waals surface area contributed by atoms with Crippen LogP contribution in [0.2, 0.25) is 0 Å². The molecule has 0 aromatic carbocycles. The van der Waals surface area contributed by atoms with Gasteiger partial charge in [-0.15, -0.1) is 0 Å². The number of hydrogen-bond acceptors (Lipinski definition) is 4. The van der Waals surface area contributed by atoms with Gasteiger partial charge >= 0.3 is 0 Å². The lowest BCUT2D eigenvalue weighted by Crippen LogP contribution is -2.35. The van der Waals surface area contributed by atoms with E-state index in [0.717, 1.165) is 5.56 Å². The largest absolute Gasteiger partial charge is 0.313 e. The van der Waals surface area contributed by atoms with Gasteiger partial charge in [0.1, 0.15) is 0 Å². The predicted octanol–water partition coefficient (Wildman–Crippen LogP) is 0.542. The molecule has 0 bridgehead atoms. The van der Waals surface area contributed by atoms with Gasteiger partial charge in [-0.2, -0.15) is 0 Å². The molecule has 0 radical (unpaired) electrons. The minimum atomic E-state index is -3.18. The van der Waals surface area contributed by atoms with Crippen molar-refractivity contribution in [3.63, 3.8) is 0 Å². The molecule has 102 valence electrons. The highest BCUT2D eigenvalue weighted by Crippen LogP contribution is 1.96. The first-order valence-electron chi connectivity index (χ1n) is 6.09. The van der Waals surface area contributed by atoms with Crippen molar-refractivity contribution >= 4 is 10.0 Å². The van der Waals surface area contributed by atoms with Crippen LogP contribution in [0.15, 0.2) is 24.5 Å². The molecule has 0 amide bonds. The fourth-order valence-corrected chi connectivity index (χ4v) is 2.39. The third kappa shape index (κ3) is 6.68. The van der Waals surface area contributed by atoms with Gasteiger partial charge in [0, 0.05) is 31.5 Å². The first kappa shape index (κ1) is 15.1. The van der Waals surface area contributed by atoms with Crippen molar-refractivity contribution in [3.05, 3.63) is 30.1 Å². The molecule has 0 saturated carbocycles. The molecule has 18 heavy (non-hydrogen) atoms. The normalized spacial score (nSPS) is 11.9. The maximum Gasteiger partial charge on any atom is 0.212 e. The van der Waals surface area contributed by atoms with Crippen LogP contribution < -0.4 is 10.0 Å². The number of rotatable bonds is 8. The third-order valence-corrected chi connectivity index (χ3v) is 3.77. The standard InChI is InChI=1S/C12H21N3O2S/c1-11(2)14-8-9-18(16,17)15-7-5-12-4-3-6-13-10-12/h3-4,6,10-11,14-15H,5,7-9H2,1-2H3. The molecule has 0 aliphatic carbocycles. The van der Waals surface area contributed by atoms with E-state index in [2.05, 4.69) is 15.0 Å². The molecule has 1 heterocycles. The van der Waals surface area contributed by atoms with Crippen molar-refractivity contribution in [1.29, 1.82) is 0 Å². The minimum Gasteiger partial charge on any atom is -0.313 e. The lowest BCUT2D eigenvalue weighted by molar-refractivity contribution is 0.567. The van der Waals surface area contributed by atoms with Crippen LogP contribution in [-0.2, 0) is 16.4 Å². The topological polar surface area (TPSA) is 71.1 Å². The molecule has 0 spiro atoms. The van der Waals surface area contributed by atoms with Crippen molar-refractivity contribution in [3.8, 4) is 0 Å². The van der Waals surface area contributed by atoms with Crippen LogP contribution >= 0.6 is 0 Å². The lowest BCUT2D eigenvalue weighted by atomic mass is 10.2. The van der Waals surface area contributed by atoms with Crippen LogP contribution in [-0.4, -0.2) is 38.3 Å². The monoisotopic (exact) mass is 271 g/mol. The quantitative estimate of drug-likeness (QED) is 0.724. The molecule has 5 nitrogen and oxygen atoms in total. The minimum absolute atomic E-state index is 0.109. The highest BCUT2D eigenvalue weighted by molar-refractivity contribution is 7.89. The van der Waals surface area contributed by atoms with Gasteiger partial charge in [0.25, 0.3) is 0 Å². The first-order valence-corrected chi connectivity index (χ1v) is 7.74. The molecule has 1 rings (SSSR count). The fraction of sp³-hybridized carbons (Fsp3) is 0.583. The van der Waals surface area contributed by atoms with Gasteiger partial charge in [-0.1, -0.05) is 19.9 Å². The van der Waals surface area contributed by atoms with Gasteiger partial charge in [0.15, 0.2) is 0 Å². The van der Waals surface area contributed by atoms with E-state index in [1.165, 1.54) is 0 Å². The molecular formula is C12H21N3O2S. The summed E-state index contributed by atoms with van der Waals surface area (Å²) >= 11 is 0. The maximum absolute atomic E-state index is 11.6. The van der Waals surface area contributed by atoms with Crippen molar-refractivity contribution < 1.29 is 8.42 Å². The average molecular weight is 271 g/mol. The molecule has 0 unspecified atom stereocenters. The summed E-state index contributed by atoms with van der Waals surface area (Å²) in [5.74, 6) is 0.109. The van der Waals surface area contributed by atoms with Crippen LogP contribution in [0.4, 0.5) is 0 Å². The smallest absolute Gasteiger partial charge is 0.212 e. The van der Waals surface area contributed by atoms with Crippen LogP contribution in [0.1, 0.15) is 19.4 Å². The fourth-order valence-electron chi connectivity index (χ4n) is 1.45. The number of hydrogen-bond donors (Lipinski definition) is 2. The van der Waals surface area contributed by atoms with Gasteiger partial charge in [0.2, 0.25) is 10.0 Å². The molecule has 1 aromatic rings. The number of nitrogens with zero attached hydrogens (tertiary/aromatic N) is 1. The van der Waals surface area contributed by atoms with Crippen molar-refractivity contribution in [2.75, 3.05) is 18.8 Å². The summed E-state index contributed by atoms with van der Waals surface area (Å²) in [7, 11) is -3.18. The van der Waals surface area contributed by atoms with Gasteiger partial charge in [-0.3, -0.25) is 4.98 Å².